The molecule has 0 radical (unpaired) electrons. The normalized spacial score (nSPS) is 31.4. The molecule has 5 rings (SSSR count). The molecular formula is C29H40O5Si. The molecule has 1 aliphatic carbocycles. The minimum absolute atomic E-state index is 0.0128. The van der Waals surface area contributed by atoms with E-state index in [9.17, 15) is 5.11 Å². The highest BCUT2D eigenvalue weighted by atomic mass is 28.4. The summed E-state index contributed by atoms with van der Waals surface area (Å²) in [6, 6.07) is 21.5. The Labute approximate surface area is 210 Å². The Balaban J connectivity index is 1.46. The molecule has 1 N–H and O–H groups in total. The van der Waals surface area contributed by atoms with Gasteiger partial charge < -0.3 is 23.7 Å². The van der Waals surface area contributed by atoms with Gasteiger partial charge in [0, 0.05) is 32.0 Å². The summed E-state index contributed by atoms with van der Waals surface area (Å²) in [5.74, 6) is 0.390. The van der Waals surface area contributed by atoms with Gasteiger partial charge in [-0.1, -0.05) is 81.4 Å². The van der Waals surface area contributed by atoms with Crippen molar-refractivity contribution in [2.75, 3.05) is 13.2 Å². The Bertz CT molecular complexity index is 901. The first-order valence-corrected chi connectivity index (χ1v) is 15.1. The highest BCUT2D eigenvalue weighted by Crippen LogP contribution is 2.46. The minimum atomic E-state index is -2.65. The van der Waals surface area contributed by atoms with Gasteiger partial charge in [0.15, 0.2) is 12.6 Å². The number of fused-ring (bicyclic) bond motifs is 1. The highest BCUT2D eigenvalue weighted by molar-refractivity contribution is 6.99. The third kappa shape index (κ3) is 5.02. The Morgan fingerprint density at radius 1 is 0.943 bits per heavy atom. The van der Waals surface area contributed by atoms with Crippen LogP contribution >= 0.6 is 0 Å². The fourth-order valence-electron chi connectivity index (χ4n) is 6.49. The quantitative estimate of drug-likeness (QED) is 0.582. The summed E-state index contributed by atoms with van der Waals surface area (Å²) in [7, 11) is -2.65. The van der Waals surface area contributed by atoms with E-state index in [4.69, 9.17) is 18.6 Å². The first-order chi connectivity index (χ1) is 16.9. The van der Waals surface area contributed by atoms with Crippen LogP contribution in [0.5, 0.6) is 0 Å². The second kappa shape index (κ2) is 10.4. The second-order valence-corrected chi connectivity index (χ2v) is 15.7. The Kier molecular flexibility index (Phi) is 7.50. The van der Waals surface area contributed by atoms with Crippen LogP contribution in [0.3, 0.4) is 0 Å². The van der Waals surface area contributed by atoms with Crippen molar-refractivity contribution in [1.82, 2.24) is 0 Å². The largest absolute Gasteiger partial charge is 0.407 e. The van der Waals surface area contributed by atoms with Crippen LogP contribution in [0, 0.1) is 11.8 Å². The molecule has 2 heterocycles. The van der Waals surface area contributed by atoms with Gasteiger partial charge in [-0.2, -0.15) is 0 Å². The molecule has 6 atom stereocenters. The SMILES string of the molecule is CC(C)(C)[Si](OC[C@H]1[C@@H]2CC(O)O[C@@H]2C[C@@H]1OC1CCCCO1)(c1ccccc1)c1ccccc1. The van der Waals surface area contributed by atoms with E-state index in [0.29, 0.717) is 13.0 Å². The molecule has 5 nitrogen and oxygen atoms in total. The molecule has 3 aliphatic rings. The number of rotatable bonds is 7. The number of aliphatic hydroxyl groups is 1. The Hall–Kier alpha value is -1.54. The Morgan fingerprint density at radius 3 is 2.17 bits per heavy atom. The van der Waals surface area contributed by atoms with Crippen molar-refractivity contribution in [3.05, 3.63) is 60.7 Å². The molecule has 190 valence electrons. The topological polar surface area (TPSA) is 57.2 Å². The van der Waals surface area contributed by atoms with Gasteiger partial charge in [-0.05, 0) is 40.6 Å². The average molecular weight is 497 g/mol. The summed E-state index contributed by atoms with van der Waals surface area (Å²) in [6.07, 6.45) is 3.82. The monoisotopic (exact) mass is 496 g/mol. The summed E-state index contributed by atoms with van der Waals surface area (Å²) < 4.78 is 25.7. The lowest BCUT2D eigenvalue weighted by molar-refractivity contribution is -0.201. The van der Waals surface area contributed by atoms with E-state index in [0.717, 1.165) is 32.3 Å². The van der Waals surface area contributed by atoms with E-state index in [1.807, 2.05) is 0 Å². The maximum absolute atomic E-state index is 10.3. The van der Waals surface area contributed by atoms with E-state index < -0.39 is 14.6 Å². The van der Waals surface area contributed by atoms with E-state index in [1.165, 1.54) is 10.4 Å². The van der Waals surface area contributed by atoms with Gasteiger partial charge in [0.25, 0.3) is 8.32 Å². The van der Waals surface area contributed by atoms with Crippen LogP contribution in [0.25, 0.3) is 0 Å². The van der Waals surface area contributed by atoms with Crippen molar-refractivity contribution in [3.63, 3.8) is 0 Å². The van der Waals surface area contributed by atoms with Gasteiger partial charge in [-0.25, -0.2) is 0 Å². The van der Waals surface area contributed by atoms with Crippen molar-refractivity contribution in [2.45, 2.75) is 82.7 Å². The second-order valence-electron chi connectivity index (χ2n) is 11.4. The van der Waals surface area contributed by atoms with Gasteiger partial charge in [-0.3, -0.25) is 0 Å². The van der Waals surface area contributed by atoms with Gasteiger partial charge in [0.05, 0.1) is 12.2 Å². The average Bonchev–Trinajstić information content (AvgIpc) is 3.36. The summed E-state index contributed by atoms with van der Waals surface area (Å²) in [5.41, 5.74) is 0. The van der Waals surface area contributed by atoms with Gasteiger partial charge in [0.2, 0.25) is 0 Å². The zero-order valence-electron chi connectivity index (χ0n) is 21.3. The number of benzene rings is 2. The molecule has 3 fully saturated rings. The number of hydrogen-bond donors (Lipinski definition) is 1. The van der Waals surface area contributed by atoms with Crippen LogP contribution in [0.4, 0.5) is 0 Å². The molecule has 35 heavy (non-hydrogen) atoms. The summed E-state index contributed by atoms with van der Waals surface area (Å²) in [4.78, 5) is 0. The molecule has 2 aromatic rings. The molecular weight excluding hydrogens is 456 g/mol. The Morgan fingerprint density at radius 2 is 1.60 bits per heavy atom. The van der Waals surface area contributed by atoms with Crippen molar-refractivity contribution < 1.29 is 23.7 Å². The molecule has 6 heteroatoms. The summed E-state index contributed by atoms with van der Waals surface area (Å²) in [6.45, 7) is 8.28. The fraction of sp³-hybridized carbons (Fsp3) is 0.586. The first kappa shape index (κ1) is 25.1. The number of hydrogen-bond acceptors (Lipinski definition) is 5. The highest BCUT2D eigenvalue weighted by Gasteiger charge is 2.54. The van der Waals surface area contributed by atoms with E-state index in [2.05, 4.69) is 81.4 Å². The van der Waals surface area contributed by atoms with E-state index >= 15 is 0 Å². The van der Waals surface area contributed by atoms with Gasteiger partial charge in [-0.15, -0.1) is 0 Å². The van der Waals surface area contributed by atoms with Crippen LogP contribution < -0.4 is 10.4 Å². The van der Waals surface area contributed by atoms with Crippen molar-refractivity contribution in [2.24, 2.45) is 11.8 Å². The van der Waals surface area contributed by atoms with E-state index in [-0.39, 0.29) is 35.4 Å². The predicted molar refractivity (Wildman–Crippen MR) is 139 cm³/mol. The third-order valence-corrected chi connectivity index (χ3v) is 13.2. The lowest BCUT2D eigenvalue weighted by Gasteiger charge is -2.44. The first-order valence-electron chi connectivity index (χ1n) is 13.2. The number of ether oxygens (including phenoxy) is 3. The molecule has 2 aromatic carbocycles. The smallest absolute Gasteiger partial charge is 0.261 e. The van der Waals surface area contributed by atoms with Gasteiger partial charge in [0.1, 0.15) is 0 Å². The van der Waals surface area contributed by atoms with Crippen LogP contribution in [0.15, 0.2) is 60.7 Å². The lowest BCUT2D eigenvalue weighted by Crippen LogP contribution is -2.67. The van der Waals surface area contributed by atoms with Crippen molar-refractivity contribution >= 4 is 18.7 Å². The maximum Gasteiger partial charge on any atom is 0.261 e. The van der Waals surface area contributed by atoms with Crippen molar-refractivity contribution in [3.8, 4) is 0 Å². The zero-order valence-corrected chi connectivity index (χ0v) is 22.3. The predicted octanol–water partition coefficient (Wildman–Crippen LogP) is 4.22. The lowest BCUT2D eigenvalue weighted by atomic mass is 9.93. The molecule has 0 spiro atoms. The third-order valence-electron chi connectivity index (χ3n) is 8.15. The van der Waals surface area contributed by atoms with Crippen LogP contribution in [0.2, 0.25) is 5.04 Å². The van der Waals surface area contributed by atoms with Crippen LogP contribution in [-0.2, 0) is 18.6 Å². The zero-order chi connectivity index (χ0) is 24.5. The number of aliphatic hydroxyl groups excluding tert-OH is 1. The standard InChI is InChI=1S/C29H40O5Si/c1-29(2,3)35(21-12-6-4-7-13-21,22-14-8-5-9-15-22)32-20-24-23-18-27(30)33-25(23)19-26(24)34-28-16-10-11-17-31-28/h4-9,12-15,23-28,30H,10-11,16-20H2,1-3H3/t23-,24-,25+,26-,27?,28?/m0/s1. The van der Waals surface area contributed by atoms with Crippen molar-refractivity contribution in [1.29, 1.82) is 0 Å². The maximum atomic E-state index is 10.3. The van der Waals surface area contributed by atoms with Crippen LogP contribution in [0.1, 0.15) is 52.9 Å². The summed E-state index contributed by atoms with van der Waals surface area (Å²) >= 11 is 0. The molecule has 2 saturated heterocycles. The minimum Gasteiger partial charge on any atom is -0.407 e. The van der Waals surface area contributed by atoms with Gasteiger partial charge >= 0.3 is 0 Å². The molecule has 2 aliphatic heterocycles. The van der Waals surface area contributed by atoms with E-state index in [1.54, 1.807) is 0 Å². The van der Waals surface area contributed by atoms with Crippen LogP contribution in [-0.4, -0.2) is 51.4 Å². The molecule has 0 bridgehead atoms. The molecule has 0 aromatic heterocycles. The summed E-state index contributed by atoms with van der Waals surface area (Å²) in [5, 5.41) is 12.7. The fourth-order valence-corrected chi connectivity index (χ4v) is 11.1. The molecule has 2 unspecified atom stereocenters. The molecule has 1 saturated carbocycles. The molecule has 0 amide bonds.